The number of fused-ring (bicyclic) bond motifs is 4. The second-order valence-electron chi connectivity index (χ2n) is 5.68. The fourth-order valence-corrected chi connectivity index (χ4v) is 3.25. The van der Waals surface area contributed by atoms with Crippen LogP contribution < -0.4 is 0 Å². The van der Waals surface area contributed by atoms with E-state index in [0.29, 0.717) is 0 Å². The molecule has 1 aliphatic rings. The third-order valence-electron chi connectivity index (χ3n) is 4.23. The molecule has 0 N–H and O–H groups in total. The fourth-order valence-electron chi connectivity index (χ4n) is 3.25. The Bertz CT molecular complexity index is 851. The number of hydrogen-bond acceptors (Lipinski definition) is 0. The molecule has 0 spiro atoms. The first-order chi connectivity index (χ1) is 9.22. The molecular formula is C19H16. The summed E-state index contributed by atoms with van der Waals surface area (Å²) >= 11 is 0. The molecule has 0 amide bonds. The van der Waals surface area contributed by atoms with Gasteiger partial charge in [-0.25, -0.2) is 0 Å². The van der Waals surface area contributed by atoms with E-state index >= 15 is 0 Å². The van der Waals surface area contributed by atoms with Gasteiger partial charge in [-0.15, -0.1) is 0 Å². The van der Waals surface area contributed by atoms with Gasteiger partial charge >= 0.3 is 0 Å². The lowest BCUT2D eigenvalue weighted by atomic mass is 9.96. The predicted molar refractivity (Wildman–Crippen MR) is 83.5 cm³/mol. The van der Waals surface area contributed by atoms with E-state index in [1.807, 2.05) is 0 Å². The zero-order valence-corrected chi connectivity index (χ0v) is 11.3. The van der Waals surface area contributed by atoms with Gasteiger partial charge in [-0.2, -0.15) is 0 Å². The first-order valence-electron chi connectivity index (χ1n) is 6.84. The maximum absolute atomic E-state index is 2.35. The Morgan fingerprint density at radius 2 is 1.63 bits per heavy atom. The fraction of sp³-hybridized carbons (Fsp3) is 0.158. The van der Waals surface area contributed by atoms with Crippen molar-refractivity contribution in [2.24, 2.45) is 0 Å². The summed E-state index contributed by atoms with van der Waals surface area (Å²) in [6, 6.07) is 15.8. The largest absolute Gasteiger partial charge is 0.0683 e. The van der Waals surface area contributed by atoms with Crippen LogP contribution in [0.3, 0.4) is 0 Å². The van der Waals surface area contributed by atoms with Crippen molar-refractivity contribution in [3.8, 4) is 0 Å². The number of benzene rings is 3. The van der Waals surface area contributed by atoms with Gasteiger partial charge in [-0.1, -0.05) is 42.0 Å². The number of allylic oxidation sites excluding steroid dienone is 1. The van der Waals surface area contributed by atoms with Crippen molar-refractivity contribution >= 4 is 27.6 Å². The van der Waals surface area contributed by atoms with Gasteiger partial charge in [-0.05, 0) is 70.6 Å². The summed E-state index contributed by atoms with van der Waals surface area (Å²) in [5.41, 5.74) is 5.72. The molecule has 0 saturated carbocycles. The van der Waals surface area contributed by atoms with Crippen LogP contribution in [0, 0.1) is 6.92 Å². The molecule has 0 atom stereocenters. The zero-order chi connectivity index (χ0) is 13.0. The second-order valence-corrected chi connectivity index (χ2v) is 5.68. The minimum Gasteiger partial charge on any atom is -0.0683 e. The maximum atomic E-state index is 2.35. The molecule has 3 aromatic rings. The zero-order valence-electron chi connectivity index (χ0n) is 11.3. The van der Waals surface area contributed by atoms with Crippen LogP contribution in [0.5, 0.6) is 0 Å². The van der Waals surface area contributed by atoms with Crippen molar-refractivity contribution in [3.05, 3.63) is 64.7 Å². The monoisotopic (exact) mass is 244 g/mol. The topological polar surface area (TPSA) is 0 Å². The Hall–Kier alpha value is -2.08. The van der Waals surface area contributed by atoms with Crippen molar-refractivity contribution < 1.29 is 0 Å². The molecule has 0 bridgehead atoms. The van der Waals surface area contributed by atoms with E-state index in [2.05, 4.69) is 62.4 Å². The van der Waals surface area contributed by atoms with E-state index in [0.717, 1.165) is 6.42 Å². The molecular weight excluding hydrogens is 228 g/mol. The van der Waals surface area contributed by atoms with Crippen LogP contribution in [0.1, 0.15) is 23.6 Å². The van der Waals surface area contributed by atoms with Gasteiger partial charge in [0.05, 0.1) is 0 Å². The molecule has 0 saturated heterocycles. The minimum absolute atomic E-state index is 1.11. The van der Waals surface area contributed by atoms with Gasteiger partial charge in [-0.3, -0.25) is 0 Å². The standard InChI is InChI=1S/C19H16/c1-12-8-15-6-7-16-10-17-13(2)4-3-5-14(17)11-19(16)18(15)9-12/h3-7,9-11H,8H2,1-2H3. The van der Waals surface area contributed by atoms with Crippen LogP contribution in [0.25, 0.3) is 27.6 Å². The lowest BCUT2D eigenvalue weighted by molar-refractivity contribution is 1.20. The van der Waals surface area contributed by atoms with E-state index < -0.39 is 0 Å². The Morgan fingerprint density at radius 1 is 0.842 bits per heavy atom. The van der Waals surface area contributed by atoms with E-state index in [1.54, 1.807) is 0 Å². The Balaban J connectivity index is 2.17. The molecule has 0 aromatic heterocycles. The molecule has 19 heavy (non-hydrogen) atoms. The summed E-state index contributed by atoms with van der Waals surface area (Å²) in [7, 11) is 0. The summed E-state index contributed by atoms with van der Waals surface area (Å²) < 4.78 is 0. The molecule has 0 heterocycles. The average Bonchev–Trinajstić information content (AvgIpc) is 2.78. The van der Waals surface area contributed by atoms with Gasteiger partial charge in [0.15, 0.2) is 0 Å². The molecule has 0 unspecified atom stereocenters. The summed E-state index contributed by atoms with van der Waals surface area (Å²) in [5.74, 6) is 0. The molecule has 0 fully saturated rings. The highest BCUT2D eigenvalue weighted by Gasteiger charge is 2.13. The molecule has 0 aliphatic heterocycles. The third-order valence-corrected chi connectivity index (χ3v) is 4.23. The lowest BCUT2D eigenvalue weighted by Gasteiger charge is -2.08. The SMILES string of the molecule is CC1=Cc2c(ccc3cc4c(C)cccc4cc23)C1. The number of rotatable bonds is 0. The number of hydrogen-bond donors (Lipinski definition) is 0. The molecule has 0 radical (unpaired) electrons. The summed E-state index contributed by atoms with van der Waals surface area (Å²) in [5, 5.41) is 5.46. The Kier molecular flexibility index (Phi) is 2.11. The van der Waals surface area contributed by atoms with Gasteiger partial charge in [0.2, 0.25) is 0 Å². The van der Waals surface area contributed by atoms with E-state index in [-0.39, 0.29) is 0 Å². The second kappa shape index (κ2) is 3.71. The maximum Gasteiger partial charge on any atom is -0.00604 e. The molecule has 1 aliphatic carbocycles. The van der Waals surface area contributed by atoms with Crippen molar-refractivity contribution in [2.45, 2.75) is 20.3 Å². The molecule has 92 valence electrons. The quantitative estimate of drug-likeness (QED) is 0.473. The summed E-state index contributed by atoms with van der Waals surface area (Å²) in [6.07, 6.45) is 3.45. The molecule has 3 aromatic carbocycles. The van der Waals surface area contributed by atoms with Crippen LogP contribution in [0.2, 0.25) is 0 Å². The predicted octanol–water partition coefficient (Wildman–Crippen LogP) is 5.26. The highest BCUT2D eigenvalue weighted by atomic mass is 14.2. The van der Waals surface area contributed by atoms with E-state index in [4.69, 9.17) is 0 Å². The van der Waals surface area contributed by atoms with Crippen LogP contribution >= 0.6 is 0 Å². The van der Waals surface area contributed by atoms with Crippen molar-refractivity contribution in [2.75, 3.05) is 0 Å². The van der Waals surface area contributed by atoms with Crippen LogP contribution in [0.15, 0.2) is 48.0 Å². The third kappa shape index (κ3) is 1.53. The summed E-state index contributed by atoms with van der Waals surface area (Å²) in [6.45, 7) is 4.41. The highest BCUT2D eigenvalue weighted by Crippen LogP contribution is 2.34. The van der Waals surface area contributed by atoms with Crippen LogP contribution in [0.4, 0.5) is 0 Å². The van der Waals surface area contributed by atoms with Crippen molar-refractivity contribution in [1.29, 1.82) is 0 Å². The highest BCUT2D eigenvalue weighted by molar-refractivity contribution is 6.04. The van der Waals surface area contributed by atoms with Gasteiger partial charge < -0.3 is 0 Å². The Labute approximate surface area is 113 Å². The smallest absolute Gasteiger partial charge is 0.00604 e. The minimum atomic E-state index is 1.11. The first kappa shape index (κ1) is 10.8. The number of aryl methyl sites for hydroxylation is 1. The van der Waals surface area contributed by atoms with Crippen LogP contribution in [-0.4, -0.2) is 0 Å². The van der Waals surface area contributed by atoms with Gasteiger partial charge in [0, 0.05) is 0 Å². The molecule has 0 nitrogen and oxygen atoms in total. The normalized spacial score (nSPS) is 13.9. The van der Waals surface area contributed by atoms with Crippen LogP contribution in [-0.2, 0) is 6.42 Å². The van der Waals surface area contributed by atoms with E-state index in [9.17, 15) is 0 Å². The average molecular weight is 244 g/mol. The van der Waals surface area contributed by atoms with Crippen molar-refractivity contribution in [1.82, 2.24) is 0 Å². The lowest BCUT2D eigenvalue weighted by Crippen LogP contribution is -1.86. The Morgan fingerprint density at radius 3 is 2.53 bits per heavy atom. The molecule has 4 rings (SSSR count). The van der Waals surface area contributed by atoms with Gasteiger partial charge in [0.1, 0.15) is 0 Å². The van der Waals surface area contributed by atoms with Gasteiger partial charge in [0.25, 0.3) is 0 Å². The van der Waals surface area contributed by atoms with E-state index in [1.165, 1.54) is 43.8 Å². The molecule has 0 heteroatoms. The summed E-state index contributed by atoms with van der Waals surface area (Å²) in [4.78, 5) is 0. The van der Waals surface area contributed by atoms with Crippen molar-refractivity contribution in [3.63, 3.8) is 0 Å². The first-order valence-corrected chi connectivity index (χ1v) is 6.84.